The number of fused-ring (bicyclic) bond motifs is 1. The van der Waals surface area contributed by atoms with Gasteiger partial charge in [0.25, 0.3) is 5.91 Å². The number of hydrogen-bond donors (Lipinski definition) is 2. The summed E-state index contributed by atoms with van der Waals surface area (Å²) in [4.78, 5) is 16.2. The Morgan fingerprint density at radius 1 is 1.45 bits per heavy atom. The molecule has 1 aliphatic carbocycles. The van der Waals surface area contributed by atoms with Crippen LogP contribution in [0.2, 0.25) is 0 Å². The van der Waals surface area contributed by atoms with Gasteiger partial charge in [-0.25, -0.2) is 0 Å². The van der Waals surface area contributed by atoms with Gasteiger partial charge in [0, 0.05) is 11.4 Å². The molecule has 0 radical (unpaired) electrons. The summed E-state index contributed by atoms with van der Waals surface area (Å²) in [6, 6.07) is 2.03. The minimum atomic E-state index is -0.0304. The normalized spacial score (nSPS) is 15.6. The van der Waals surface area contributed by atoms with Gasteiger partial charge in [0.1, 0.15) is 0 Å². The summed E-state index contributed by atoms with van der Waals surface area (Å²) < 4.78 is 0. The van der Waals surface area contributed by atoms with E-state index in [4.69, 9.17) is 10.9 Å². The second-order valence-electron chi connectivity index (χ2n) is 5.03. The molecule has 3 N–H and O–H groups in total. The van der Waals surface area contributed by atoms with Crippen LogP contribution in [0.15, 0.2) is 11.2 Å². The average Bonchev–Trinajstić information content (AvgIpc) is 2.74. The van der Waals surface area contributed by atoms with E-state index in [2.05, 4.69) is 5.16 Å². The van der Waals surface area contributed by atoms with E-state index in [0.717, 1.165) is 17.7 Å². The van der Waals surface area contributed by atoms with Crippen LogP contribution in [0, 0.1) is 0 Å². The minimum Gasteiger partial charge on any atom is -0.409 e. The van der Waals surface area contributed by atoms with Crippen molar-refractivity contribution >= 4 is 23.1 Å². The third-order valence-corrected chi connectivity index (χ3v) is 4.83. The highest BCUT2D eigenvalue weighted by atomic mass is 32.1. The molecule has 0 aromatic carbocycles. The summed E-state index contributed by atoms with van der Waals surface area (Å²) >= 11 is 1.60. The second kappa shape index (κ2) is 6.74. The molecule has 20 heavy (non-hydrogen) atoms. The van der Waals surface area contributed by atoms with Crippen LogP contribution in [0.5, 0.6) is 0 Å². The Balaban J connectivity index is 2.15. The zero-order valence-corrected chi connectivity index (χ0v) is 12.6. The zero-order chi connectivity index (χ0) is 14.5. The van der Waals surface area contributed by atoms with Crippen molar-refractivity contribution in [2.75, 3.05) is 13.1 Å². The average molecular weight is 295 g/mol. The largest absolute Gasteiger partial charge is 0.409 e. The summed E-state index contributed by atoms with van der Waals surface area (Å²) in [5.41, 5.74) is 6.82. The molecule has 0 unspecified atom stereocenters. The van der Waals surface area contributed by atoms with E-state index < -0.39 is 0 Å². The van der Waals surface area contributed by atoms with Crippen molar-refractivity contribution < 1.29 is 10.0 Å². The maximum atomic E-state index is 12.5. The number of nitrogens with zero attached hydrogens (tertiary/aromatic N) is 2. The molecule has 0 bridgehead atoms. The fourth-order valence-electron chi connectivity index (χ4n) is 2.48. The lowest BCUT2D eigenvalue weighted by Crippen LogP contribution is -2.38. The van der Waals surface area contributed by atoms with Crippen molar-refractivity contribution in [1.82, 2.24) is 4.90 Å². The first kappa shape index (κ1) is 14.8. The summed E-state index contributed by atoms with van der Waals surface area (Å²) in [6.07, 6.45) is 5.85. The van der Waals surface area contributed by atoms with Crippen molar-refractivity contribution in [3.05, 3.63) is 21.4 Å². The Morgan fingerprint density at radius 2 is 2.20 bits per heavy atom. The lowest BCUT2D eigenvalue weighted by atomic mass is 10.1. The van der Waals surface area contributed by atoms with E-state index in [9.17, 15) is 4.79 Å². The summed E-state index contributed by atoms with van der Waals surface area (Å²) in [5, 5.41) is 11.6. The van der Waals surface area contributed by atoms with Gasteiger partial charge in [0.2, 0.25) is 0 Å². The highest BCUT2D eigenvalue weighted by molar-refractivity contribution is 7.14. The molecule has 1 aliphatic rings. The molecule has 1 aromatic rings. The van der Waals surface area contributed by atoms with Gasteiger partial charge in [-0.1, -0.05) is 11.6 Å². The Bertz CT molecular complexity index is 487. The van der Waals surface area contributed by atoms with Crippen LogP contribution in [-0.2, 0) is 12.8 Å². The van der Waals surface area contributed by atoms with Gasteiger partial charge in [-0.05, 0) is 44.2 Å². The SMILES string of the molecule is CCN(CC(N)=NO)C(=O)c1cc2c(s1)CCCCC2. The van der Waals surface area contributed by atoms with Gasteiger partial charge in [-0.3, -0.25) is 4.79 Å². The maximum absolute atomic E-state index is 12.5. The number of likely N-dealkylation sites (N-methyl/N-ethyl adjacent to an activating group) is 1. The number of thiophene rings is 1. The molecule has 1 aromatic heterocycles. The molecule has 1 heterocycles. The molecular weight excluding hydrogens is 274 g/mol. The third-order valence-electron chi connectivity index (χ3n) is 3.61. The van der Waals surface area contributed by atoms with E-state index in [1.165, 1.54) is 29.7 Å². The number of amides is 1. The molecular formula is C14H21N3O2S. The molecule has 0 saturated heterocycles. The van der Waals surface area contributed by atoms with Crippen LogP contribution in [0.3, 0.4) is 0 Å². The van der Waals surface area contributed by atoms with Crippen LogP contribution < -0.4 is 5.73 Å². The van der Waals surface area contributed by atoms with Gasteiger partial charge in [0.05, 0.1) is 11.4 Å². The predicted octanol–water partition coefficient (Wildman–Crippen LogP) is 2.23. The van der Waals surface area contributed by atoms with Crippen LogP contribution in [-0.4, -0.2) is 34.9 Å². The maximum Gasteiger partial charge on any atom is 0.264 e. The Morgan fingerprint density at radius 3 is 2.90 bits per heavy atom. The topological polar surface area (TPSA) is 78.9 Å². The number of hydrogen-bond acceptors (Lipinski definition) is 4. The number of oxime groups is 1. The molecule has 0 fully saturated rings. The molecule has 2 rings (SSSR count). The van der Waals surface area contributed by atoms with Crippen LogP contribution in [0.25, 0.3) is 0 Å². The zero-order valence-electron chi connectivity index (χ0n) is 11.8. The molecule has 0 aliphatic heterocycles. The lowest BCUT2D eigenvalue weighted by Gasteiger charge is -2.18. The Labute approximate surface area is 123 Å². The fourth-order valence-corrected chi connectivity index (χ4v) is 3.70. The van der Waals surface area contributed by atoms with Gasteiger partial charge in [0.15, 0.2) is 5.84 Å². The number of amidine groups is 1. The first-order valence-electron chi connectivity index (χ1n) is 7.03. The van der Waals surface area contributed by atoms with Crippen molar-refractivity contribution in [1.29, 1.82) is 0 Å². The first-order valence-corrected chi connectivity index (χ1v) is 7.84. The van der Waals surface area contributed by atoms with Gasteiger partial charge < -0.3 is 15.8 Å². The predicted molar refractivity (Wildman–Crippen MR) is 80.6 cm³/mol. The van der Waals surface area contributed by atoms with E-state index in [-0.39, 0.29) is 18.3 Å². The van der Waals surface area contributed by atoms with E-state index in [1.807, 2.05) is 13.0 Å². The Hall–Kier alpha value is -1.56. The van der Waals surface area contributed by atoms with Crippen LogP contribution in [0.4, 0.5) is 0 Å². The number of carbonyl (C=O) groups excluding carboxylic acids is 1. The molecule has 5 nitrogen and oxygen atoms in total. The van der Waals surface area contributed by atoms with Crippen molar-refractivity contribution in [2.24, 2.45) is 10.9 Å². The molecule has 0 spiro atoms. The first-order chi connectivity index (χ1) is 9.65. The second-order valence-corrected chi connectivity index (χ2v) is 6.17. The fraction of sp³-hybridized carbons (Fsp3) is 0.571. The summed E-state index contributed by atoms with van der Waals surface area (Å²) in [7, 11) is 0. The van der Waals surface area contributed by atoms with Gasteiger partial charge in [-0.15, -0.1) is 11.3 Å². The highest BCUT2D eigenvalue weighted by Crippen LogP contribution is 2.29. The van der Waals surface area contributed by atoms with Crippen LogP contribution in [0.1, 0.15) is 46.3 Å². The molecule has 6 heteroatoms. The molecule has 1 amide bonds. The minimum absolute atomic E-state index is 0.0304. The smallest absolute Gasteiger partial charge is 0.264 e. The quantitative estimate of drug-likeness (QED) is 0.294. The van der Waals surface area contributed by atoms with Crippen LogP contribution >= 0.6 is 11.3 Å². The summed E-state index contributed by atoms with van der Waals surface area (Å²) in [5.74, 6) is 0.0236. The van der Waals surface area contributed by atoms with Crippen molar-refractivity contribution in [3.8, 4) is 0 Å². The molecule has 0 atom stereocenters. The van der Waals surface area contributed by atoms with E-state index in [0.29, 0.717) is 6.54 Å². The molecule has 0 saturated carbocycles. The van der Waals surface area contributed by atoms with E-state index >= 15 is 0 Å². The summed E-state index contributed by atoms with van der Waals surface area (Å²) in [6.45, 7) is 2.59. The highest BCUT2D eigenvalue weighted by Gasteiger charge is 2.20. The van der Waals surface area contributed by atoms with Crippen molar-refractivity contribution in [3.63, 3.8) is 0 Å². The number of nitrogens with two attached hydrogens (primary N) is 1. The standard InChI is InChI=1S/C14H21N3O2S/c1-2-17(9-13(15)16-19)14(18)12-8-10-6-4-3-5-7-11(10)20-12/h8,19H,2-7,9H2,1H3,(H2,15,16). The number of aryl methyl sites for hydroxylation is 2. The monoisotopic (exact) mass is 295 g/mol. The lowest BCUT2D eigenvalue weighted by molar-refractivity contribution is 0.0791. The van der Waals surface area contributed by atoms with E-state index in [1.54, 1.807) is 16.2 Å². The van der Waals surface area contributed by atoms with Gasteiger partial charge >= 0.3 is 0 Å². The third kappa shape index (κ3) is 3.30. The number of carbonyl (C=O) groups is 1. The Kier molecular flexibility index (Phi) is 5.00. The molecule has 110 valence electrons. The number of rotatable bonds is 4. The van der Waals surface area contributed by atoms with Gasteiger partial charge in [-0.2, -0.15) is 0 Å². The van der Waals surface area contributed by atoms with Crippen molar-refractivity contribution in [2.45, 2.75) is 39.0 Å².